The molecule has 0 aliphatic carbocycles. The highest BCUT2D eigenvalue weighted by Crippen LogP contribution is 2.35. The number of carbonyl (C=O) groups is 1. The SMILES string of the molecule is N#Cc1c(N=CC=Cc2ccccc2)c(C(=O)Nc2ccccc2)n2c1CCC2. The molecule has 2 aromatic carbocycles. The number of para-hydroxylation sites is 1. The summed E-state index contributed by atoms with van der Waals surface area (Å²) in [7, 11) is 0. The van der Waals surface area contributed by atoms with Gasteiger partial charge in [-0.1, -0.05) is 54.6 Å². The van der Waals surface area contributed by atoms with Crippen molar-refractivity contribution in [3.8, 4) is 6.07 Å². The largest absolute Gasteiger partial charge is 0.337 e. The van der Waals surface area contributed by atoms with Gasteiger partial charge in [-0.3, -0.25) is 9.79 Å². The van der Waals surface area contributed by atoms with Crippen LogP contribution in [-0.4, -0.2) is 16.7 Å². The number of rotatable bonds is 5. The molecular formula is C24H20N4O. The molecule has 0 spiro atoms. The Balaban J connectivity index is 1.67. The fourth-order valence-electron chi connectivity index (χ4n) is 3.59. The first-order valence-electron chi connectivity index (χ1n) is 9.55. The second-order valence-electron chi connectivity index (χ2n) is 6.75. The molecule has 0 radical (unpaired) electrons. The molecule has 1 amide bonds. The molecule has 3 aromatic rings. The predicted molar refractivity (Wildman–Crippen MR) is 115 cm³/mol. The van der Waals surface area contributed by atoms with E-state index in [1.54, 1.807) is 6.21 Å². The molecule has 2 heterocycles. The van der Waals surface area contributed by atoms with E-state index in [0.717, 1.165) is 30.6 Å². The van der Waals surface area contributed by atoms with Crippen molar-refractivity contribution < 1.29 is 4.79 Å². The van der Waals surface area contributed by atoms with Gasteiger partial charge in [0, 0.05) is 24.1 Å². The van der Waals surface area contributed by atoms with Crippen LogP contribution in [0.4, 0.5) is 11.4 Å². The lowest BCUT2D eigenvalue weighted by Gasteiger charge is -2.08. The van der Waals surface area contributed by atoms with Gasteiger partial charge in [-0.25, -0.2) is 0 Å². The van der Waals surface area contributed by atoms with Crippen molar-refractivity contribution in [2.45, 2.75) is 19.4 Å². The first-order chi connectivity index (χ1) is 14.3. The average molecular weight is 380 g/mol. The summed E-state index contributed by atoms with van der Waals surface area (Å²) < 4.78 is 1.93. The van der Waals surface area contributed by atoms with Gasteiger partial charge < -0.3 is 9.88 Å². The van der Waals surface area contributed by atoms with Crippen LogP contribution < -0.4 is 5.32 Å². The highest BCUT2D eigenvalue weighted by Gasteiger charge is 2.29. The summed E-state index contributed by atoms with van der Waals surface area (Å²) in [6.45, 7) is 0.719. The fraction of sp³-hybridized carbons (Fsp3) is 0.125. The minimum absolute atomic E-state index is 0.250. The topological polar surface area (TPSA) is 70.2 Å². The first kappa shape index (κ1) is 18.5. The van der Waals surface area contributed by atoms with Crippen molar-refractivity contribution in [1.82, 2.24) is 4.57 Å². The number of benzene rings is 2. The van der Waals surface area contributed by atoms with Crippen molar-refractivity contribution in [3.63, 3.8) is 0 Å². The van der Waals surface area contributed by atoms with E-state index < -0.39 is 0 Å². The van der Waals surface area contributed by atoms with Crippen molar-refractivity contribution in [2.75, 3.05) is 5.32 Å². The second-order valence-corrected chi connectivity index (χ2v) is 6.75. The zero-order valence-corrected chi connectivity index (χ0v) is 15.9. The van der Waals surface area contributed by atoms with E-state index in [4.69, 9.17) is 0 Å². The molecule has 1 aliphatic rings. The Morgan fingerprint density at radius 2 is 1.83 bits per heavy atom. The van der Waals surface area contributed by atoms with Crippen LogP contribution in [0.2, 0.25) is 0 Å². The van der Waals surface area contributed by atoms with Gasteiger partial charge in [0.15, 0.2) is 0 Å². The molecule has 29 heavy (non-hydrogen) atoms. The number of allylic oxidation sites excluding steroid dienone is 1. The monoisotopic (exact) mass is 380 g/mol. The Kier molecular flexibility index (Phi) is 5.35. The molecule has 4 rings (SSSR count). The maximum absolute atomic E-state index is 13.0. The molecular weight excluding hydrogens is 360 g/mol. The lowest BCUT2D eigenvalue weighted by molar-refractivity contribution is 0.101. The van der Waals surface area contributed by atoms with Crippen LogP contribution in [0.3, 0.4) is 0 Å². The number of nitrogens with one attached hydrogen (secondary N) is 1. The standard InChI is InChI=1S/C24H20N4O/c25-17-20-21-14-8-16-28(21)23(24(29)27-19-12-5-2-6-13-19)22(20)26-15-7-11-18-9-3-1-4-10-18/h1-7,9-13,15H,8,14,16H2,(H,27,29). The van der Waals surface area contributed by atoms with Crippen molar-refractivity contribution in [1.29, 1.82) is 5.26 Å². The van der Waals surface area contributed by atoms with Crippen LogP contribution in [0, 0.1) is 11.3 Å². The number of hydrogen-bond acceptors (Lipinski definition) is 3. The molecule has 142 valence electrons. The third-order valence-electron chi connectivity index (χ3n) is 4.88. The van der Waals surface area contributed by atoms with Gasteiger partial charge >= 0.3 is 0 Å². The van der Waals surface area contributed by atoms with E-state index in [9.17, 15) is 10.1 Å². The number of anilines is 1. The molecule has 0 saturated heterocycles. The number of fused-ring (bicyclic) bond motifs is 1. The number of hydrogen-bond donors (Lipinski definition) is 1. The van der Waals surface area contributed by atoms with E-state index in [1.165, 1.54) is 0 Å². The molecule has 1 aromatic heterocycles. The Morgan fingerprint density at radius 3 is 2.55 bits per heavy atom. The lowest BCUT2D eigenvalue weighted by atomic mass is 10.1. The van der Waals surface area contributed by atoms with Gasteiger partial charge in [0.25, 0.3) is 5.91 Å². The second kappa shape index (κ2) is 8.41. The molecule has 0 bridgehead atoms. The van der Waals surface area contributed by atoms with E-state index in [-0.39, 0.29) is 5.91 Å². The Morgan fingerprint density at radius 1 is 1.10 bits per heavy atom. The lowest BCUT2D eigenvalue weighted by Crippen LogP contribution is -2.16. The molecule has 1 aliphatic heterocycles. The molecule has 5 heteroatoms. The summed E-state index contributed by atoms with van der Waals surface area (Å²) >= 11 is 0. The normalized spacial score (nSPS) is 12.9. The highest BCUT2D eigenvalue weighted by atomic mass is 16.2. The van der Waals surface area contributed by atoms with Gasteiger partial charge in [-0.2, -0.15) is 5.26 Å². The van der Waals surface area contributed by atoms with Crippen LogP contribution in [-0.2, 0) is 13.0 Å². The maximum atomic E-state index is 13.0. The average Bonchev–Trinajstić information content (AvgIpc) is 3.32. The van der Waals surface area contributed by atoms with Crippen molar-refractivity contribution in [2.24, 2.45) is 4.99 Å². The summed E-state index contributed by atoms with van der Waals surface area (Å²) in [6.07, 6.45) is 7.09. The number of amides is 1. The zero-order chi connectivity index (χ0) is 20.1. The van der Waals surface area contributed by atoms with Gasteiger partial charge in [0.05, 0.1) is 5.56 Å². The summed E-state index contributed by atoms with van der Waals surface area (Å²) in [5, 5.41) is 12.6. The van der Waals surface area contributed by atoms with Crippen LogP contribution in [0.25, 0.3) is 6.08 Å². The fourth-order valence-corrected chi connectivity index (χ4v) is 3.59. The van der Waals surface area contributed by atoms with Gasteiger partial charge in [-0.15, -0.1) is 0 Å². The quantitative estimate of drug-likeness (QED) is 0.635. The van der Waals surface area contributed by atoms with Gasteiger partial charge in [-0.05, 0) is 36.6 Å². The number of nitriles is 1. The molecule has 5 nitrogen and oxygen atoms in total. The first-order valence-corrected chi connectivity index (χ1v) is 9.55. The summed E-state index contributed by atoms with van der Waals surface area (Å²) in [5.74, 6) is -0.250. The Bertz CT molecular complexity index is 1120. The molecule has 0 saturated carbocycles. The predicted octanol–water partition coefficient (Wildman–Crippen LogP) is 4.97. The summed E-state index contributed by atoms with van der Waals surface area (Å²) in [5.41, 5.74) is 4.04. The Labute approximate surface area is 169 Å². The summed E-state index contributed by atoms with van der Waals surface area (Å²) in [4.78, 5) is 17.5. The highest BCUT2D eigenvalue weighted by molar-refractivity contribution is 6.08. The zero-order valence-electron chi connectivity index (χ0n) is 15.9. The smallest absolute Gasteiger partial charge is 0.274 e. The van der Waals surface area contributed by atoms with Gasteiger partial charge in [0.1, 0.15) is 17.5 Å². The van der Waals surface area contributed by atoms with Crippen LogP contribution >= 0.6 is 0 Å². The van der Waals surface area contributed by atoms with Crippen LogP contribution in [0.15, 0.2) is 71.7 Å². The van der Waals surface area contributed by atoms with Crippen LogP contribution in [0.1, 0.15) is 33.7 Å². The number of aliphatic imine (C=N–C) groups is 1. The number of aromatic nitrogens is 1. The van der Waals surface area contributed by atoms with Crippen molar-refractivity contribution >= 4 is 29.6 Å². The molecule has 1 N–H and O–H groups in total. The minimum Gasteiger partial charge on any atom is -0.337 e. The van der Waals surface area contributed by atoms with E-state index >= 15 is 0 Å². The number of nitrogens with zero attached hydrogens (tertiary/aromatic N) is 3. The minimum atomic E-state index is -0.250. The summed E-state index contributed by atoms with van der Waals surface area (Å²) in [6, 6.07) is 21.4. The third kappa shape index (κ3) is 3.87. The molecule has 0 fully saturated rings. The van der Waals surface area contributed by atoms with E-state index in [2.05, 4.69) is 16.4 Å². The van der Waals surface area contributed by atoms with Crippen LogP contribution in [0.5, 0.6) is 0 Å². The van der Waals surface area contributed by atoms with Gasteiger partial charge in [0.2, 0.25) is 0 Å². The molecule has 0 unspecified atom stereocenters. The number of carbonyl (C=O) groups excluding carboxylic acids is 1. The van der Waals surface area contributed by atoms with E-state index in [1.807, 2.05) is 77.4 Å². The Hall–Kier alpha value is -3.91. The maximum Gasteiger partial charge on any atom is 0.274 e. The third-order valence-corrected chi connectivity index (χ3v) is 4.88. The van der Waals surface area contributed by atoms with E-state index in [0.29, 0.717) is 22.6 Å². The van der Waals surface area contributed by atoms with Crippen molar-refractivity contribution in [3.05, 3.63) is 89.3 Å². The molecule has 0 atom stereocenters.